The molecule has 3 rings (SSSR count). The molecular weight excluding hydrogens is 563 g/mol. The van der Waals surface area contributed by atoms with Crippen molar-refractivity contribution in [1.29, 1.82) is 0 Å². The van der Waals surface area contributed by atoms with Crippen molar-refractivity contribution in [3.63, 3.8) is 0 Å². The Hall–Kier alpha value is -2.45. The molecule has 3 aromatic rings. The van der Waals surface area contributed by atoms with E-state index in [9.17, 15) is 38.4 Å². The molecule has 0 heterocycles. The lowest BCUT2D eigenvalue weighted by Gasteiger charge is -2.15. The van der Waals surface area contributed by atoms with Crippen LogP contribution in [0.5, 0.6) is 0 Å². The van der Waals surface area contributed by atoms with Gasteiger partial charge in [0.1, 0.15) is 0 Å². The van der Waals surface area contributed by atoms with E-state index in [1.807, 2.05) is 0 Å². The number of rotatable bonds is 7. The first-order valence-electron chi connectivity index (χ1n) is 9.97. The molecule has 194 valence electrons. The molecule has 0 aliphatic carbocycles. The molecule has 7 nitrogen and oxygen atoms in total. The Morgan fingerprint density at radius 1 is 0.778 bits per heavy atom. The molecule has 0 aliphatic heterocycles. The van der Waals surface area contributed by atoms with Crippen LogP contribution in [-0.2, 0) is 35.9 Å². The minimum Gasteiger partial charge on any atom is -0.218 e. The lowest BCUT2D eigenvalue weighted by molar-refractivity contribution is -0.137. The summed E-state index contributed by atoms with van der Waals surface area (Å²) in [5, 5.41) is -0.143. The molecular formula is C22H19ClF3NO6S3. The maximum Gasteiger partial charge on any atom is 0.416 e. The van der Waals surface area contributed by atoms with Gasteiger partial charge in [0.25, 0.3) is 0 Å². The SMILES string of the molecule is C[C@H](NS(C)(=O)=O)c1ccc(S(=O)(=O)c2ccc(Cl)cc2S(=O)(=O)c2cccc(C(F)(F)F)c2)cc1. The maximum atomic E-state index is 13.4. The number of hydrogen-bond acceptors (Lipinski definition) is 6. The highest BCUT2D eigenvalue weighted by molar-refractivity contribution is 7.94. The Labute approximate surface area is 211 Å². The van der Waals surface area contributed by atoms with E-state index in [0.29, 0.717) is 17.7 Å². The van der Waals surface area contributed by atoms with Gasteiger partial charge in [-0.2, -0.15) is 13.2 Å². The zero-order chi connectivity index (χ0) is 27.1. The summed E-state index contributed by atoms with van der Waals surface area (Å²) in [6.45, 7) is 1.55. The van der Waals surface area contributed by atoms with Crippen molar-refractivity contribution in [2.45, 2.75) is 38.7 Å². The fourth-order valence-electron chi connectivity index (χ4n) is 3.33. The number of sulfone groups is 2. The highest BCUT2D eigenvalue weighted by atomic mass is 35.5. The normalized spacial score (nSPS) is 13.9. The van der Waals surface area contributed by atoms with Crippen LogP contribution in [0.2, 0.25) is 5.02 Å². The smallest absolute Gasteiger partial charge is 0.218 e. The Bertz CT molecular complexity index is 1620. The van der Waals surface area contributed by atoms with Gasteiger partial charge in [0.05, 0.1) is 31.4 Å². The number of halogens is 4. The van der Waals surface area contributed by atoms with Crippen LogP contribution >= 0.6 is 11.6 Å². The highest BCUT2D eigenvalue weighted by Crippen LogP contribution is 2.36. The van der Waals surface area contributed by atoms with Crippen LogP contribution < -0.4 is 4.72 Å². The summed E-state index contributed by atoms with van der Waals surface area (Å²) < 4.78 is 118. The fourth-order valence-corrected chi connectivity index (χ4v) is 7.73. The molecule has 1 N–H and O–H groups in total. The quantitative estimate of drug-likeness (QED) is 0.435. The van der Waals surface area contributed by atoms with Crippen molar-refractivity contribution >= 4 is 41.3 Å². The van der Waals surface area contributed by atoms with Gasteiger partial charge in [0, 0.05) is 11.1 Å². The van der Waals surface area contributed by atoms with Gasteiger partial charge in [-0.25, -0.2) is 30.0 Å². The molecule has 36 heavy (non-hydrogen) atoms. The number of hydrogen-bond donors (Lipinski definition) is 1. The van der Waals surface area contributed by atoms with Gasteiger partial charge in [0.2, 0.25) is 29.7 Å². The van der Waals surface area contributed by atoms with Crippen LogP contribution in [0.3, 0.4) is 0 Å². The van der Waals surface area contributed by atoms with Gasteiger partial charge in [-0.05, 0) is 61.0 Å². The summed E-state index contributed by atoms with van der Waals surface area (Å²) in [6, 6.07) is 10.3. The van der Waals surface area contributed by atoms with Gasteiger partial charge >= 0.3 is 6.18 Å². The largest absolute Gasteiger partial charge is 0.416 e. The van der Waals surface area contributed by atoms with Crippen molar-refractivity contribution < 1.29 is 38.4 Å². The molecule has 0 spiro atoms. The molecule has 0 aromatic heterocycles. The summed E-state index contributed by atoms with van der Waals surface area (Å²) in [4.78, 5) is -2.54. The second-order valence-corrected chi connectivity index (χ2v) is 13.9. The van der Waals surface area contributed by atoms with Gasteiger partial charge in [0.15, 0.2) is 0 Å². The van der Waals surface area contributed by atoms with E-state index in [-0.39, 0.29) is 9.92 Å². The number of sulfonamides is 1. The molecule has 0 saturated heterocycles. The van der Waals surface area contributed by atoms with Crippen molar-refractivity contribution in [3.05, 3.63) is 82.9 Å². The Morgan fingerprint density at radius 3 is 1.92 bits per heavy atom. The van der Waals surface area contributed by atoms with Crippen molar-refractivity contribution in [3.8, 4) is 0 Å². The first kappa shape index (κ1) is 28.1. The summed E-state index contributed by atoms with van der Waals surface area (Å²) in [5.41, 5.74) is -0.783. The van der Waals surface area contributed by atoms with Gasteiger partial charge in [-0.3, -0.25) is 0 Å². The third-order valence-electron chi connectivity index (χ3n) is 5.04. The molecule has 14 heteroatoms. The predicted octanol–water partition coefficient (Wildman–Crippen LogP) is 4.63. The van der Waals surface area contributed by atoms with Crippen LogP contribution in [-0.4, -0.2) is 31.5 Å². The van der Waals surface area contributed by atoms with Gasteiger partial charge in [-0.15, -0.1) is 0 Å². The minimum absolute atomic E-state index is 0.143. The Balaban J connectivity index is 2.12. The van der Waals surface area contributed by atoms with E-state index < -0.39 is 62.2 Å². The average molecular weight is 582 g/mol. The van der Waals surface area contributed by atoms with Crippen LogP contribution in [0.25, 0.3) is 0 Å². The van der Waals surface area contributed by atoms with Crippen LogP contribution in [0.15, 0.2) is 86.3 Å². The third-order valence-corrected chi connectivity index (χ3v) is 9.80. The molecule has 0 amide bonds. The number of nitrogens with one attached hydrogen (secondary N) is 1. The molecule has 0 aliphatic rings. The summed E-state index contributed by atoms with van der Waals surface area (Å²) in [6.07, 6.45) is -3.85. The second-order valence-electron chi connectivity index (χ2n) is 7.80. The molecule has 0 unspecified atom stereocenters. The zero-order valence-corrected chi connectivity index (χ0v) is 21.8. The lowest BCUT2D eigenvalue weighted by Crippen LogP contribution is -2.25. The zero-order valence-electron chi connectivity index (χ0n) is 18.6. The summed E-state index contributed by atoms with van der Waals surface area (Å²) in [5.74, 6) is 0. The summed E-state index contributed by atoms with van der Waals surface area (Å²) in [7, 11) is -12.8. The van der Waals surface area contributed by atoms with E-state index in [2.05, 4.69) is 4.72 Å². The van der Waals surface area contributed by atoms with Crippen LogP contribution in [0.1, 0.15) is 24.1 Å². The molecule has 1 atom stereocenters. The molecule has 0 fully saturated rings. The Kier molecular flexibility index (Phi) is 7.64. The minimum atomic E-state index is -4.82. The third kappa shape index (κ3) is 6.09. The topological polar surface area (TPSA) is 114 Å². The van der Waals surface area contributed by atoms with Crippen LogP contribution in [0, 0.1) is 0 Å². The van der Waals surface area contributed by atoms with E-state index >= 15 is 0 Å². The van der Waals surface area contributed by atoms with E-state index in [0.717, 1.165) is 36.6 Å². The van der Waals surface area contributed by atoms with Gasteiger partial charge in [-0.1, -0.05) is 29.8 Å². The van der Waals surface area contributed by atoms with Crippen molar-refractivity contribution in [1.82, 2.24) is 4.72 Å². The van der Waals surface area contributed by atoms with Gasteiger partial charge < -0.3 is 0 Å². The average Bonchev–Trinajstić information content (AvgIpc) is 2.77. The van der Waals surface area contributed by atoms with Crippen molar-refractivity contribution in [2.24, 2.45) is 0 Å². The molecule has 0 bridgehead atoms. The maximum absolute atomic E-state index is 13.4. The molecule has 0 saturated carbocycles. The monoisotopic (exact) mass is 581 g/mol. The lowest BCUT2D eigenvalue weighted by atomic mass is 10.1. The Morgan fingerprint density at radius 2 is 1.36 bits per heavy atom. The van der Waals surface area contributed by atoms with E-state index in [4.69, 9.17) is 11.6 Å². The standard InChI is InChI=1S/C22H19ClF3NO6S3/c1-14(27-34(2,28)29)15-6-9-18(10-7-15)35(30,31)20-11-8-17(23)13-21(20)36(32,33)19-5-3-4-16(12-19)22(24,25)26/h3-14,27H,1-2H3/t14-/m0/s1. The first-order chi connectivity index (χ1) is 16.4. The van der Waals surface area contributed by atoms with E-state index in [1.165, 1.54) is 24.3 Å². The first-order valence-corrected chi connectivity index (χ1v) is 15.2. The van der Waals surface area contributed by atoms with Crippen molar-refractivity contribution in [2.75, 3.05) is 6.26 Å². The molecule has 3 aromatic carbocycles. The fraction of sp³-hybridized carbons (Fsp3) is 0.182. The highest BCUT2D eigenvalue weighted by Gasteiger charge is 2.34. The number of benzene rings is 3. The predicted molar refractivity (Wildman–Crippen MR) is 127 cm³/mol. The second kappa shape index (κ2) is 9.78. The summed E-state index contributed by atoms with van der Waals surface area (Å²) >= 11 is 5.92. The number of alkyl halides is 3. The van der Waals surface area contributed by atoms with E-state index in [1.54, 1.807) is 6.92 Å². The van der Waals surface area contributed by atoms with Crippen LogP contribution in [0.4, 0.5) is 13.2 Å². The molecule has 0 radical (unpaired) electrons.